The van der Waals surface area contributed by atoms with E-state index in [1.807, 2.05) is 27.7 Å². The molecule has 1 N–H and O–H groups in total. The molecule has 190 valence electrons. The Labute approximate surface area is 207 Å². The molecule has 4 rings (SSSR count). The topological polar surface area (TPSA) is 63.6 Å². The summed E-state index contributed by atoms with van der Waals surface area (Å²) >= 11 is 6.30. The van der Waals surface area contributed by atoms with Crippen molar-refractivity contribution in [2.45, 2.75) is 70.4 Å². The van der Waals surface area contributed by atoms with Gasteiger partial charge in [-0.15, -0.1) is 0 Å². The predicted molar refractivity (Wildman–Crippen MR) is 126 cm³/mol. The first kappa shape index (κ1) is 25.6. The predicted octanol–water partition coefficient (Wildman–Crippen LogP) is 5.19. The minimum absolute atomic E-state index is 0.0505. The number of aromatic nitrogens is 1. The minimum atomic E-state index is -4.94. The van der Waals surface area contributed by atoms with Gasteiger partial charge in [-0.1, -0.05) is 11.6 Å². The number of carbonyl (C=O) groups is 2. The van der Waals surface area contributed by atoms with Crippen molar-refractivity contribution < 1.29 is 27.5 Å². The molecule has 0 unspecified atom stereocenters. The number of halogens is 4. The smallest absolute Gasteiger partial charge is 0.456 e. The Morgan fingerprint density at radius 1 is 1.11 bits per heavy atom. The highest BCUT2D eigenvalue weighted by Crippen LogP contribution is 2.41. The van der Waals surface area contributed by atoms with E-state index in [0.29, 0.717) is 48.0 Å². The molecule has 2 aromatic rings. The van der Waals surface area contributed by atoms with Gasteiger partial charge in [-0.3, -0.25) is 14.9 Å². The van der Waals surface area contributed by atoms with Gasteiger partial charge in [0.15, 0.2) is 0 Å². The standard InChI is InChI=1S/C25H29ClF3N3O3/c1-15(2)35-19-7-5-16(13-17(19)26)22(34)31-11-9-24(10-12-31)20-8-6-18(21(33)25(27,28)29)32(20)14-23(3,4)30-24/h5-8,13,15,30H,9-12,14H2,1-4H3. The fraction of sp³-hybridized carbons (Fsp3) is 0.520. The van der Waals surface area contributed by atoms with Crippen molar-refractivity contribution in [3.63, 3.8) is 0 Å². The first-order chi connectivity index (χ1) is 16.2. The summed E-state index contributed by atoms with van der Waals surface area (Å²) in [6.45, 7) is 8.62. The second-order valence-electron chi connectivity index (χ2n) is 10.2. The number of rotatable bonds is 4. The third-order valence-corrected chi connectivity index (χ3v) is 6.83. The molecule has 0 aliphatic carbocycles. The molecule has 1 saturated heterocycles. The molecule has 1 fully saturated rings. The molecule has 3 heterocycles. The molecule has 1 aromatic heterocycles. The average molecular weight is 512 g/mol. The van der Waals surface area contributed by atoms with Crippen LogP contribution in [0.1, 0.15) is 67.1 Å². The van der Waals surface area contributed by atoms with Crippen molar-refractivity contribution in [2.24, 2.45) is 0 Å². The number of likely N-dealkylation sites (tertiary alicyclic amines) is 1. The van der Waals surface area contributed by atoms with Crippen LogP contribution in [0, 0.1) is 0 Å². The Bertz CT molecular complexity index is 1150. The first-order valence-corrected chi connectivity index (χ1v) is 12.0. The van der Waals surface area contributed by atoms with E-state index in [2.05, 4.69) is 5.32 Å². The maximum absolute atomic E-state index is 13.2. The summed E-state index contributed by atoms with van der Waals surface area (Å²) in [5.41, 5.74) is -0.443. The van der Waals surface area contributed by atoms with E-state index in [-0.39, 0.29) is 24.2 Å². The summed E-state index contributed by atoms with van der Waals surface area (Å²) in [5, 5.41) is 3.96. The average Bonchev–Trinajstić information content (AvgIpc) is 3.17. The normalized spacial score (nSPS) is 19.1. The molecule has 10 heteroatoms. The second kappa shape index (κ2) is 8.85. The van der Waals surface area contributed by atoms with Gasteiger partial charge < -0.3 is 14.2 Å². The van der Waals surface area contributed by atoms with Gasteiger partial charge in [-0.2, -0.15) is 13.2 Å². The largest absolute Gasteiger partial charge is 0.489 e. The third-order valence-electron chi connectivity index (χ3n) is 6.54. The number of hydrogen-bond donors (Lipinski definition) is 1. The molecule has 1 aromatic carbocycles. The number of fused-ring (bicyclic) bond motifs is 2. The number of alkyl halides is 3. The first-order valence-electron chi connectivity index (χ1n) is 11.6. The zero-order valence-corrected chi connectivity index (χ0v) is 20.9. The molecule has 1 amide bonds. The Balaban J connectivity index is 1.56. The van der Waals surface area contributed by atoms with Crippen LogP contribution >= 0.6 is 11.6 Å². The van der Waals surface area contributed by atoms with Gasteiger partial charge in [0, 0.05) is 36.4 Å². The van der Waals surface area contributed by atoms with Crippen LogP contribution in [-0.4, -0.2) is 52.1 Å². The molecule has 0 saturated carbocycles. The van der Waals surface area contributed by atoms with E-state index in [1.165, 1.54) is 10.6 Å². The Morgan fingerprint density at radius 2 is 1.77 bits per heavy atom. The zero-order valence-electron chi connectivity index (χ0n) is 20.1. The number of nitrogens with zero attached hydrogens (tertiary/aromatic N) is 2. The number of ketones is 1. The van der Waals surface area contributed by atoms with Gasteiger partial charge in [-0.05, 0) is 70.9 Å². The van der Waals surface area contributed by atoms with E-state index in [1.54, 1.807) is 29.2 Å². The number of benzene rings is 1. The lowest BCUT2D eigenvalue weighted by atomic mass is 9.79. The van der Waals surface area contributed by atoms with Crippen molar-refractivity contribution in [3.05, 3.63) is 52.3 Å². The van der Waals surface area contributed by atoms with Crippen LogP contribution in [0.4, 0.5) is 13.2 Å². The summed E-state index contributed by atoms with van der Waals surface area (Å²) in [6.07, 6.45) is -4.00. The molecule has 1 spiro atoms. The van der Waals surface area contributed by atoms with Gasteiger partial charge in [0.05, 0.1) is 22.4 Å². The van der Waals surface area contributed by atoms with Crippen molar-refractivity contribution in [2.75, 3.05) is 13.1 Å². The lowest BCUT2D eigenvalue weighted by Crippen LogP contribution is -2.63. The Kier molecular flexibility index (Phi) is 6.47. The van der Waals surface area contributed by atoms with E-state index in [0.717, 1.165) is 0 Å². The molecular weight excluding hydrogens is 483 g/mol. The van der Waals surface area contributed by atoms with Crippen molar-refractivity contribution in [1.82, 2.24) is 14.8 Å². The van der Waals surface area contributed by atoms with Gasteiger partial charge in [0.2, 0.25) is 0 Å². The van der Waals surface area contributed by atoms with Crippen LogP contribution < -0.4 is 10.1 Å². The van der Waals surface area contributed by atoms with E-state index in [9.17, 15) is 22.8 Å². The number of hydrogen-bond acceptors (Lipinski definition) is 4. The number of amides is 1. The second-order valence-corrected chi connectivity index (χ2v) is 10.6. The maximum Gasteiger partial charge on any atom is 0.456 e. The number of Topliss-reactive ketones (excluding diaryl/α,β-unsaturated/α-hetero) is 1. The van der Waals surface area contributed by atoms with Crippen LogP contribution in [0.3, 0.4) is 0 Å². The lowest BCUT2D eigenvalue weighted by Gasteiger charge is -2.51. The summed E-state index contributed by atoms with van der Waals surface area (Å²) in [5.74, 6) is -1.50. The summed E-state index contributed by atoms with van der Waals surface area (Å²) in [4.78, 5) is 26.9. The highest BCUT2D eigenvalue weighted by atomic mass is 35.5. The third kappa shape index (κ3) is 4.93. The van der Waals surface area contributed by atoms with Gasteiger partial charge in [-0.25, -0.2) is 0 Å². The molecule has 6 nitrogen and oxygen atoms in total. The van der Waals surface area contributed by atoms with Crippen LogP contribution in [0.25, 0.3) is 0 Å². The number of ether oxygens (including phenoxy) is 1. The van der Waals surface area contributed by atoms with Crippen LogP contribution in [0.2, 0.25) is 5.02 Å². The summed E-state index contributed by atoms with van der Waals surface area (Å²) < 4.78 is 46.7. The van der Waals surface area contributed by atoms with Crippen LogP contribution in [0.5, 0.6) is 5.75 Å². The van der Waals surface area contributed by atoms with Crippen molar-refractivity contribution >= 4 is 23.3 Å². The molecule has 35 heavy (non-hydrogen) atoms. The van der Waals surface area contributed by atoms with Crippen molar-refractivity contribution in [1.29, 1.82) is 0 Å². The highest BCUT2D eigenvalue weighted by molar-refractivity contribution is 6.32. The molecule has 0 bridgehead atoms. The van der Waals surface area contributed by atoms with Gasteiger partial charge >= 0.3 is 6.18 Å². The van der Waals surface area contributed by atoms with Crippen LogP contribution in [-0.2, 0) is 12.1 Å². The van der Waals surface area contributed by atoms with Crippen LogP contribution in [0.15, 0.2) is 30.3 Å². The van der Waals surface area contributed by atoms with Gasteiger partial charge in [0.25, 0.3) is 11.7 Å². The number of nitrogens with one attached hydrogen (secondary N) is 1. The zero-order chi connectivity index (χ0) is 25.8. The van der Waals surface area contributed by atoms with Gasteiger partial charge in [0.1, 0.15) is 5.75 Å². The minimum Gasteiger partial charge on any atom is -0.489 e. The SMILES string of the molecule is CC(C)Oc1ccc(C(=O)N2CCC3(CC2)NC(C)(C)Cn2c(C(=O)C(F)(F)F)ccc23)cc1Cl. The number of carbonyl (C=O) groups excluding carboxylic acids is 2. The van der Waals surface area contributed by atoms with Crippen molar-refractivity contribution in [3.8, 4) is 5.75 Å². The maximum atomic E-state index is 13.2. The summed E-state index contributed by atoms with van der Waals surface area (Å²) in [6, 6.07) is 7.81. The summed E-state index contributed by atoms with van der Waals surface area (Å²) in [7, 11) is 0. The molecule has 0 radical (unpaired) electrons. The molecular formula is C25H29ClF3N3O3. The monoisotopic (exact) mass is 511 g/mol. The van der Waals surface area contributed by atoms with E-state index < -0.39 is 23.0 Å². The lowest BCUT2D eigenvalue weighted by molar-refractivity contribution is -0.0892. The van der Waals surface area contributed by atoms with E-state index >= 15 is 0 Å². The molecule has 2 aliphatic heterocycles. The fourth-order valence-corrected chi connectivity index (χ4v) is 5.41. The van der Waals surface area contributed by atoms with E-state index in [4.69, 9.17) is 16.3 Å². The molecule has 2 aliphatic rings. The Hall–Kier alpha value is -2.52. The Morgan fingerprint density at radius 3 is 2.34 bits per heavy atom. The molecule has 0 atom stereocenters. The quantitative estimate of drug-likeness (QED) is 0.574. The number of piperidine rings is 1. The highest BCUT2D eigenvalue weighted by Gasteiger charge is 2.49. The fourth-order valence-electron chi connectivity index (χ4n) is 5.18.